The zero-order valence-electron chi connectivity index (χ0n) is 6.06. The fourth-order valence-corrected chi connectivity index (χ4v) is 2.33. The van der Waals surface area contributed by atoms with E-state index in [0.717, 1.165) is 18.4 Å². The molecule has 3 atom stereocenters. The molecule has 1 nitrogen and oxygen atoms in total. The Balaban J connectivity index is 2.02. The van der Waals surface area contributed by atoms with Crippen LogP contribution in [0.25, 0.3) is 0 Å². The average molecular weight is 125 g/mol. The minimum atomic E-state index is 0.535. The minimum absolute atomic E-state index is 0.535. The van der Waals surface area contributed by atoms with Crippen LogP contribution in [-0.4, -0.2) is 6.54 Å². The van der Waals surface area contributed by atoms with Gasteiger partial charge in [0.05, 0.1) is 0 Å². The van der Waals surface area contributed by atoms with Crippen molar-refractivity contribution in [1.82, 2.24) is 0 Å². The van der Waals surface area contributed by atoms with E-state index in [1.807, 2.05) is 0 Å². The van der Waals surface area contributed by atoms with Crippen LogP contribution in [-0.2, 0) is 0 Å². The summed E-state index contributed by atoms with van der Waals surface area (Å²) in [6, 6.07) is 0. The Hall–Kier alpha value is -0.0400. The van der Waals surface area contributed by atoms with Crippen molar-refractivity contribution in [3.8, 4) is 0 Å². The van der Waals surface area contributed by atoms with Gasteiger partial charge in [-0.1, -0.05) is 6.92 Å². The number of nitrogens with two attached hydrogens (primary N) is 1. The van der Waals surface area contributed by atoms with Crippen molar-refractivity contribution >= 4 is 0 Å². The number of fused-ring (bicyclic) bond motifs is 1. The van der Waals surface area contributed by atoms with Gasteiger partial charge in [-0.05, 0) is 43.1 Å². The van der Waals surface area contributed by atoms with E-state index in [9.17, 15) is 0 Å². The lowest BCUT2D eigenvalue weighted by Crippen LogP contribution is -2.24. The maximum Gasteiger partial charge on any atom is -0.00230 e. The summed E-state index contributed by atoms with van der Waals surface area (Å²) >= 11 is 0. The molecule has 1 heteroatoms. The topological polar surface area (TPSA) is 26.0 Å². The maximum atomic E-state index is 5.65. The first-order valence-corrected chi connectivity index (χ1v) is 3.94. The molecule has 0 aliphatic heterocycles. The highest BCUT2D eigenvalue weighted by atomic mass is 14.7. The molecular weight excluding hydrogens is 110 g/mol. The van der Waals surface area contributed by atoms with Crippen molar-refractivity contribution in [2.75, 3.05) is 6.54 Å². The Kier molecular flexibility index (Phi) is 0.963. The van der Waals surface area contributed by atoms with Crippen LogP contribution in [0, 0.1) is 17.3 Å². The van der Waals surface area contributed by atoms with Crippen molar-refractivity contribution in [1.29, 1.82) is 0 Å². The second-order valence-electron chi connectivity index (χ2n) is 4.18. The smallest absolute Gasteiger partial charge is 0.00230 e. The van der Waals surface area contributed by atoms with Crippen molar-refractivity contribution in [2.24, 2.45) is 23.0 Å². The van der Waals surface area contributed by atoms with Crippen molar-refractivity contribution < 1.29 is 0 Å². The van der Waals surface area contributed by atoms with E-state index < -0.39 is 0 Å². The molecule has 2 aliphatic rings. The quantitative estimate of drug-likeness (QED) is 0.563. The van der Waals surface area contributed by atoms with E-state index in [2.05, 4.69) is 6.92 Å². The van der Waals surface area contributed by atoms with Crippen LogP contribution in [0.2, 0.25) is 0 Å². The van der Waals surface area contributed by atoms with Gasteiger partial charge in [0.25, 0.3) is 0 Å². The van der Waals surface area contributed by atoms with Crippen LogP contribution >= 0.6 is 0 Å². The highest BCUT2D eigenvalue weighted by Crippen LogP contribution is 2.59. The summed E-state index contributed by atoms with van der Waals surface area (Å²) in [6.45, 7) is 3.24. The molecular formula is C8H15N. The summed E-state index contributed by atoms with van der Waals surface area (Å²) in [5.74, 6) is 2.16. The summed E-state index contributed by atoms with van der Waals surface area (Å²) in [7, 11) is 0. The SMILES string of the molecule is CC1(CN)C[C@H]2C[C@H]2C1. The Morgan fingerprint density at radius 3 is 2.33 bits per heavy atom. The van der Waals surface area contributed by atoms with Crippen LogP contribution < -0.4 is 5.73 Å². The van der Waals surface area contributed by atoms with Crippen LogP contribution in [0.3, 0.4) is 0 Å². The molecule has 2 saturated carbocycles. The van der Waals surface area contributed by atoms with Gasteiger partial charge < -0.3 is 5.73 Å². The van der Waals surface area contributed by atoms with Gasteiger partial charge in [-0.2, -0.15) is 0 Å². The van der Waals surface area contributed by atoms with Gasteiger partial charge in [-0.25, -0.2) is 0 Å². The van der Waals surface area contributed by atoms with E-state index in [4.69, 9.17) is 5.73 Å². The highest BCUT2D eigenvalue weighted by Gasteiger charge is 2.50. The van der Waals surface area contributed by atoms with Crippen LogP contribution in [0.4, 0.5) is 0 Å². The molecule has 0 radical (unpaired) electrons. The first-order chi connectivity index (χ1) is 4.23. The predicted octanol–water partition coefficient (Wildman–Crippen LogP) is 1.38. The molecule has 2 aliphatic carbocycles. The van der Waals surface area contributed by atoms with Crippen LogP contribution in [0.1, 0.15) is 26.2 Å². The molecule has 2 N–H and O–H groups in total. The predicted molar refractivity (Wildman–Crippen MR) is 38.0 cm³/mol. The third-order valence-corrected chi connectivity index (χ3v) is 3.07. The number of rotatable bonds is 1. The van der Waals surface area contributed by atoms with Gasteiger partial charge in [0.1, 0.15) is 0 Å². The molecule has 0 aromatic carbocycles. The second kappa shape index (κ2) is 1.51. The lowest BCUT2D eigenvalue weighted by Gasteiger charge is -2.22. The Morgan fingerprint density at radius 2 is 2.00 bits per heavy atom. The van der Waals surface area contributed by atoms with E-state index in [1.165, 1.54) is 19.3 Å². The lowest BCUT2D eigenvalue weighted by atomic mass is 9.86. The third-order valence-electron chi connectivity index (χ3n) is 3.07. The fourth-order valence-electron chi connectivity index (χ4n) is 2.33. The zero-order chi connectivity index (χ0) is 6.48. The molecule has 1 unspecified atom stereocenters. The fraction of sp³-hybridized carbons (Fsp3) is 1.00. The standard InChI is InChI=1S/C8H15N/c1-8(5-9)3-6-2-7(6)4-8/h6-7H,2-5,9H2,1H3/t6-,7+,8?. The highest BCUT2D eigenvalue weighted by molar-refractivity contribution is 5.01. The molecule has 0 heterocycles. The summed E-state index contributed by atoms with van der Waals surface area (Å²) in [5, 5.41) is 0. The van der Waals surface area contributed by atoms with Crippen molar-refractivity contribution in [3.63, 3.8) is 0 Å². The summed E-state index contributed by atoms with van der Waals surface area (Å²) in [6.07, 6.45) is 4.33. The van der Waals surface area contributed by atoms with Crippen molar-refractivity contribution in [2.45, 2.75) is 26.2 Å². The number of hydrogen-bond acceptors (Lipinski definition) is 1. The average Bonchev–Trinajstić information content (AvgIpc) is 2.42. The molecule has 2 fully saturated rings. The van der Waals surface area contributed by atoms with Gasteiger partial charge in [-0.15, -0.1) is 0 Å². The third kappa shape index (κ3) is 0.787. The zero-order valence-corrected chi connectivity index (χ0v) is 6.06. The first kappa shape index (κ1) is 5.72. The monoisotopic (exact) mass is 125 g/mol. The van der Waals surface area contributed by atoms with Gasteiger partial charge in [0.2, 0.25) is 0 Å². The number of hydrogen-bond donors (Lipinski definition) is 1. The second-order valence-corrected chi connectivity index (χ2v) is 4.18. The lowest BCUT2D eigenvalue weighted by molar-refractivity contribution is 0.311. The largest absolute Gasteiger partial charge is 0.330 e. The van der Waals surface area contributed by atoms with Gasteiger partial charge in [-0.3, -0.25) is 0 Å². The molecule has 0 aromatic heterocycles. The molecule has 2 rings (SSSR count). The van der Waals surface area contributed by atoms with Crippen LogP contribution in [0.15, 0.2) is 0 Å². The van der Waals surface area contributed by atoms with E-state index in [-0.39, 0.29) is 0 Å². The molecule has 52 valence electrons. The first-order valence-electron chi connectivity index (χ1n) is 3.94. The summed E-state index contributed by atoms with van der Waals surface area (Å²) < 4.78 is 0. The Bertz CT molecular complexity index is 121. The van der Waals surface area contributed by atoms with E-state index in [1.54, 1.807) is 0 Å². The van der Waals surface area contributed by atoms with Crippen LogP contribution in [0.5, 0.6) is 0 Å². The van der Waals surface area contributed by atoms with Gasteiger partial charge in [0, 0.05) is 0 Å². The molecule has 0 spiro atoms. The van der Waals surface area contributed by atoms with E-state index in [0.29, 0.717) is 5.41 Å². The Labute approximate surface area is 56.6 Å². The summed E-state index contributed by atoms with van der Waals surface area (Å²) in [5.41, 5.74) is 6.19. The molecule has 0 amide bonds. The molecule has 0 saturated heterocycles. The summed E-state index contributed by atoms with van der Waals surface area (Å²) in [4.78, 5) is 0. The van der Waals surface area contributed by atoms with Gasteiger partial charge in [0.15, 0.2) is 0 Å². The normalized spacial score (nSPS) is 55.3. The molecule has 0 bridgehead atoms. The Morgan fingerprint density at radius 1 is 1.44 bits per heavy atom. The minimum Gasteiger partial charge on any atom is -0.330 e. The maximum absolute atomic E-state index is 5.65. The van der Waals surface area contributed by atoms with Gasteiger partial charge >= 0.3 is 0 Å². The molecule has 9 heavy (non-hydrogen) atoms. The van der Waals surface area contributed by atoms with E-state index >= 15 is 0 Å². The van der Waals surface area contributed by atoms with Crippen molar-refractivity contribution in [3.05, 3.63) is 0 Å². The molecule has 0 aromatic rings.